The first-order chi connectivity index (χ1) is 9.22. The van der Waals surface area contributed by atoms with E-state index in [4.69, 9.17) is 16.9 Å². The van der Waals surface area contributed by atoms with E-state index >= 15 is 0 Å². The van der Waals surface area contributed by atoms with Gasteiger partial charge in [-0.2, -0.15) is 5.26 Å². The van der Waals surface area contributed by atoms with Gasteiger partial charge in [0.25, 0.3) is 0 Å². The van der Waals surface area contributed by atoms with E-state index in [-0.39, 0.29) is 0 Å². The Bertz CT molecular complexity index is 445. The zero-order chi connectivity index (χ0) is 14.3. The van der Waals surface area contributed by atoms with Gasteiger partial charge in [0.2, 0.25) is 0 Å². The molecule has 1 saturated heterocycles. The average molecular weight is 280 g/mol. The smallest absolute Gasteiger partial charge is 0.101 e. The highest BCUT2D eigenvalue weighted by atomic mass is 35.5. The average Bonchev–Trinajstić information content (AvgIpc) is 2.96. The molecule has 104 valence electrons. The Morgan fingerprint density at radius 2 is 2.21 bits per heavy atom. The standard InChI is InChI=1S/C13H16ClN3.C2H6/c1-9-12(5-4-10(7-15)13(9)14)17-8-11-3-2-6-16-11;1-2/h4-5,11,16-17H,2-3,6,8H2,1H3;1-2H3/t11-;/m0./s1. The molecule has 1 aromatic rings. The van der Waals surface area contributed by atoms with Crippen molar-refractivity contribution >= 4 is 17.3 Å². The molecule has 4 heteroatoms. The van der Waals surface area contributed by atoms with Crippen molar-refractivity contribution in [1.82, 2.24) is 5.32 Å². The first kappa shape index (κ1) is 15.8. The van der Waals surface area contributed by atoms with Crippen LogP contribution in [-0.4, -0.2) is 19.1 Å². The Hall–Kier alpha value is -1.24. The molecule has 2 N–H and O–H groups in total. The lowest BCUT2D eigenvalue weighted by atomic mass is 10.1. The van der Waals surface area contributed by atoms with Gasteiger partial charge in [-0.15, -0.1) is 0 Å². The largest absolute Gasteiger partial charge is 0.383 e. The number of nitriles is 1. The van der Waals surface area contributed by atoms with Crippen LogP contribution in [0.5, 0.6) is 0 Å². The van der Waals surface area contributed by atoms with Crippen LogP contribution in [0, 0.1) is 18.3 Å². The minimum atomic E-state index is 0.536. The number of nitrogens with one attached hydrogen (secondary N) is 2. The lowest BCUT2D eigenvalue weighted by molar-refractivity contribution is 0.633. The summed E-state index contributed by atoms with van der Waals surface area (Å²) in [6.45, 7) is 7.95. The predicted molar refractivity (Wildman–Crippen MR) is 81.8 cm³/mol. The zero-order valence-electron chi connectivity index (χ0n) is 11.9. The maximum Gasteiger partial charge on any atom is 0.101 e. The maximum atomic E-state index is 8.87. The Labute approximate surface area is 121 Å². The summed E-state index contributed by atoms with van der Waals surface area (Å²) >= 11 is 6.12. The molecule has 0 amide bonds. The molecule has 1 aromatic carbocycles. The van der Waals surface area contributed by atoms with Crippen LogP contribution in [0.3, 0.4) is 0 Å². The van der Waals surface area contributed by atoms with Gasteiger partial charge in [0, 0.05) is 18.3 Å². The van der Waals surface area contributed by atoms with Gasteiger partial charge in [0.1, 0.15) is 6.07 Å². The third-order valence-corrected chi connectivity index (χ3v) is 3.70. The number of anilines is 1. The van der Waals surface area contributed by atoms with Crippen LogP contribution in [0.4, 0.5) is 5.69 Å². The molecule has 3 nitrogen and oxygen atoms in total. The molecule has 0 radical (unpaired) electrons. The Balaban J connectivity index is 0.000000861. The number of rotatable bonds is 3. The van der Waals surface area contributed by atoms with Crippen LogP contribution in [0.25, 0.3) is 0 Å². The number of nitrogens with zero attached hydrogens (tertiary/aromatic N) is 1. The van der Waals surface area contributed by atoms with Gasteiger partial charge in [-0.05, 0) is 44.0 Å². The van der Waals surface area contributed by atoms with E-state index in [1.54, 1.807) is 6.07 Å². The number of hydrogen-bond acceptors (Lipinski definition) is 3. The molecule has 0 aliphatic carbocycles. The highest BCUT2D eigenvalue weighted by Crippen LogP contribution is 2.27. The first-order valence-corrected chi connectivity index (χ1v) is 7.26. The fourth-order valence-corrected chi connectivity index (χ4v) is 2.33. The quantitative estimate of drug-likeness (QED) is 0.887. The summed E-state index contributed by atoms with van der Waals surface area (Å²) in [7, 11) is 0. The minimum Gasteiger partial charge on any atom is -0.383 e. The third-order valence-electron chi connectivity index (χ3n) is 3.21. The maximum absolute atomic E-state index is 8.87. The van der Waals surface area contributed by atoms with E-state index in [0.29, 0.717) is 16.6 Å². The first-order valence-electron chi connectivity index (χ1n) is 6.89. The van der Waals surface area contributed by atoms with Crippen molar-refractivity contribution in [2.75, 3.05) is 18.4 Å². The van der Waals surface area contributed by atoms with Crippen LogP contribution >= 0.6 is 11.6 Å². The molecule has 1 atom stereocenters. The number of halogens is 1. The van der Waals surface area contributed by atoms with Crippen molar-refractivity contribution < 1.29 is 0 Å². The fourth-order valence-electron chi connectivity index (χ4n) is 2.13. The third kappa shape index (κ3) is 4.12. The second-order valence-electron chi connectivity index (χ2n) is 4.39. The minimum absolute atomic E-state index is 0.536. The van der Waals surface area contributed by atoms with Crippen LogP contribution < -0.4 is 10.6 Å². The molecule has 0 spiro atoms. The molecule has 2 rings (SSSR count). The van der Waals surface area contributed by atoms with Crippen molar-refractivity contribution in [2.24, 2.45) is 0 Å². The van der Waals surface area contributed by atoms with Gasteiger partial charge >= 0.3 is 0 Å². The van der Waals surface area contributed by atoms with Crippen molar-refractivity contribution in [3.8, 4) is 6.07 Å². The summed E-state index contributed by atoms with van der Waals surface area (Å²) in [5.41, 5.74) is 2.50. The van der Waals surface area contributed by atoms with Crippen molar-refractivity contribution in [1.29, 1.82) is 5.26 Å². The summed E-state index contributed by atoms with van der Waals surface area (Å²) in [5.74, 6) is 0. The van der Waals surface area contributed by atoms with Crippen LogP contribution in [0.2, 0.25) is 5.02 Å². The van der Waals surface area contributed by atoms with Gasteiger partial charge in [-0.25, -0.2) is 0 Å². The molecule has 19 heavy (non-hydrogen) atoms. The Morgan fingerprint density at radius 3 is 2.79 bits per heavy atom. The topological polar surface area (TPSA) is 47.8 Å². The molecule has 0 saturated carbocycles. The summed E-state index contributed by atoms with van der Waals surface area (Å²) < 4.78 is 0. The van der Waals surface area contributed by atoms with Crippen LogP contribution in [0.15, 0.2) is 12.1 Å². The molecule has 1 heterocycles. The molecule has 1 aliphatic rings. The predicted octanol–water partition coefficient (Wildman–Crippen LogP) is 3.71. The summed E-state index contributed by atoms with van der Waals surface area (Å²) in [6, 6.07) is 6.32. The van der Waals surface area contributed by atoms with Gasteiger partial charge in [-0.1, -0.05) is 25.4 Å². The second kappa shape index (κ2) is 8.04. The van der Waals surface area contributed by atoms with Crippen LogP contribution in [-0.2, 0) is 0 Å². The van der Waals surface area contributed by atoms with Crippen molar-refractivity contribution in [3.05, 3.63) is 28.3 Å². The van der Waals surface area contributed by atoms with Gasteiger partial charge in [-0.3, -0.25) is 0 Å². The van der Waals surface area contributed by atoms with E-state index in [9.17, 15) is 0 Å². The van der Waals surface area contributed by atoms with Crippen molar-refractivity contribution in [3.63, 3.8) is 0 Å². The lowest BCUT2D eigenvalue weighted by Gasteiger charge is -2.15. The monoisotopic (exact) mass is 279 g/mol. The summed E-state index contributed by atoms with van der Waals surface area (Å²) in [6.07, 6.45) is 2.47. The molecule has 1 aliphatic heterocycles. The molecular weight excluding hydrogens is 258 g/mol. The summed E-state index contributed by atoms with van der Waals surface area (Å²) in [5, 5.41) is 16.3. The van der Waals surface area contributed by atoms with Crippen LogP contribution in [0.1, 0.15) is 37.8 Å². The van der Waals surface area contributed by atoms with Gasteiger partial charge in [0.15, 0.2) is 0 Å². The highest BCUT2D eigenvalue weighted by molar-refractivity contribution is 6.32. The zero-order valence-corrected chi connectivity index (χ0v) is 12.6. The Kier molecular flexibility index (Phi) is 6.69. The van der Waals surface area contributed by atoms with E-state index < -0.39 is 0 Å². The van der Waals surface area contributed by atoms with Gasteiger partial charge < -0.3 is 10.6 Å². The highest BCUT2D eigenvalue weighted by Gasteiger charge is 2.14. The molecule has 1 fully saturated rings. The molecule has 0 bridgehead atoms. The Morgan fingerprint density at radius 1 is 1.47 bits per heavy atom. The SMILES string of the molecule is CC.Cc1c(NC[C@@H]2CCCN2)ccc(C#N)c1Cl. The second-order valence-corrected chi connectivity index (χ2v) is 4.76. The molecule has 0 aromatic heterocycles. The van der Waals surface area contributed by atoms with E-state index in [1.165, 1.54) is 12.8 Å². The molecular formula is C15H22ClN3. The van der Waals surface area contributed by atoms with Gasteiger partial charge in [0.05, 0.1) is 10.6 Å². The van der Waals surface area contributed by atoms with Crippen molar-refractivity contribution in [2.45, 2.75) is 39.7 Å². The normalized spacial score (nSPS) is 17.3. The fraction of sp³-hybridized carbons (Fsp3) is 0.533. The molecule has 0 unspecified atom stereocenters. The number of hydrogen-bond donors (Lipinski definition) is 2. The lowest BCUT2D eigenvalue weighted by Crippen LogP contribution is -2.29. The summed E-state index contributed by atoms with van der Waals surface area (Å²) in [4.78, 5) is 0. The van der Waals surface area contributed by atoms with E-state index in [2.05, 4.69) is 16.7 Å². The van der Waals surface area contributed by atoms with E-state index in [1.807, 2.05) is 26.8 Å². The van der Waals surface area contributed by atoms with E-state index in [0.717, 1.165) is 24.3 Å². The number of benzene rings is 1.